The third-order valence-corrected chi connectivity index (χ3v) is 4.11. The van der Waals surface area contributed by atoms with Gasteiger partial charge in [-0.25, -0.2) is 9.97 Å². The molecule has 0 saturated heterocycles. The number of hydrogen-bond donors (Lipinski definition) is 1. The number of aromatic nitrogens is 3. The van der Waals surface area contributed by atoms with Crippen molar-refractivity contribution in [2.45, 2.75) is 27.3 Å². The number of hydrogen-bond acceptors (Lipinski definition) is 3. The highest BCUT2D eigenvalue weighted by molar-refractivity contribution is 9.10. The first-order valence-corrected chi connectivity index (χ1v) is 8.50. The number of benzene rings is 1. The second-order valence-electron chi connectivity index (χ2n) is 6.73. The van der Waals surface area contributed by atoms with Gasteiger partial charge in [0.15, 0.2) is 0 Å². The molecule has 1 N–H and O–H groups in total. The molecule has 0 aliphatic carbocycles. The minimum absolute atomic E-state index is 0.0124. The number of rotatable bonds is 3. The molecule has 0 fully saturated rings. The van der Waals surface area contributed by atoms with E-state index in [0.717, 1.165) is 27.0 Å². The van der Waals surface area contributed by atoms with Gasteiger partial charge < -0.3 is 9.88 Å². The summed E-state index contributed by atoms with van der Waals surface area (Å²) in [5, 5.41) is 2.96. The molecule has 0 bridgehead atoms. The summed E-state index contributed by atoms with van der Waals surface area (Å²) in [5.74, 6) is -0.0124. The third-order valence-electron chi connectivity index (χ3n) is 3.67. The van der Waals surface area contributed by atoms with Gasteiger partial charge in [0.1, 0.15) is 4.60 Å². The predicted molar refractivity (Wildman–Crippen MR) is 98.9 cm³/mol. The number of imidazole rings is 1. The van der Waals surface area contributed by atoms with Gasteiger partial charge in [-0.2, -0.15) is 0 Å². The fraction of sp³-hybridized carbons (Fsp3) is 0.278. The van der Waals surface area contributed by atoms with Crippen molar-refractivity contribution in [3.05, 3.63) is 53.0 Å². The van der Waals surface area contributed by atoms with Crippen LogP contribution in [-0.4, -0.2) is 20.4 Å². The summed E-state index contributed by atoms with van der Waals surface area (Å²) >= 11 is 3.39. The number of carbonyl (C=O) groups excluding carboxylic acids is 1. The Bertz CT molecular complexity index is 895. The monoisotopic (exact) mass is 386 g/mol. The van der Waals surface area contributed by atoms with Crippen LogP contribution >= 0.6 is 15.9 Å². The van der Waals surface area contributed by atoms with Crippen LogP contribution in [0, 0.1) is 5.41 Å². The van der Waals surface area contributed by atoms with E-state index in [4.69, 9.17) is 0 Å². The van der Waals surface area contributed by atoms with Gasteiger partial charge in [-0.05, 0) is 46.3 Å². The number of carbonyl (C=O) groups is 1. The van der Waals surface area contributed by atoms with Crippen LogP contribution in [0.3, 0.4) is 0 Å². The smallest absolute Gasteiger partial charge is 0.229 e. The van der Waals surface area contributed by atoms with Gasteiger partial charge in [0, 0.05) is 11.1 Å². The second kappa shape index (κ2) is 6.36. The maximum absolute atomic E-state index is 12.2. The first-order chi connectivity index (χ1) is 11.3. The van der Waals surface area contributed by atoms with Crippen LogP contribution < -0.4 is 5.32 Å². The molecular weight excluding hydrogens is 368 g/mol. The van der Waals surface area contributed by atoms with Crippen LogP contribution in [0.4, 0.5) is 5.69 Å². The lowest BCUT2D eigenvalue weighted by Gasteiger charge is -2.17. The maximum Gasteiger partial charge on any atom is 0.229 e. The molecule has 3 rings (SSSR count). The third kappa shape index (κ3) is 3.64. The van der Waals surface area contributed by atoms with Crippen molar-refractivity contribution in [1.82, 2.24) is 14.5 Å². The number of nitrogens with one attached hydrogen (secondary N) is 1. The molecule has 1 aromatic carbocycles. The van der Waals surface area contributed by atoms with Crippen molar-refractivity contribution in [3.63, 3.8) is 0 Å². The standard InChI is InChI=1S/C18H19BrN4O/c1-18(2,3)17(24)22-12-7-8-14-15(9-12)23(11-20-14)10-13-5-4-6-16(19)21-13/h4-9,11H,10H2,1-3H3,(H,22,24). The first kappa shape index (κ1) is 16.6. The summed E-state index contributed by atoms with van der Waals surface area (Å²) in [6.45, 7) is 6.30. The number of anilines is 1. The van der Waals surface area contributed by atoms with Gasteiger partial charge in [-0.15, -0.1) is 0 Å². The molecule has 6 heteroatoms. The van der Waals surface area contributed by atoms with E-state index in [1.54, 1.807) is 6.33 Å². The highest BCUT2D eigenvalue weighted by atomic mass is 79.9. The molecular formula is C18H19BrN4O. The van der Waals surface area contributed by atoms with Crippen LogP contribution in [0.15, 0.2) is 47.3 Å². The van der Waals surface area contributed by atoms with Crippen LogP contribution in [-0.2, 0) is 11.3 Å². The Balaban J connectivity index is 1.90. The molecule has 0 aliphatic heterocycles. The Hall–Kier alpha value is -2.21. The van der Waals surface area contributed by atoms with Crippen molar-refractivity contribution >= 4 is 38.6 Å². The topological polar surface area (TPSA) is 59.8 Å². The summed E-state index contributed by atoms with van der Waals surface area (Å²) in [6.07, 6.45) is 1.79. The van der Waals surface area contributed by atoms with Gasteiger partial charge in [0.25, 0.3) is 0 Å². The Morgan fingerprint density at radius 2 is 2.04 bits per heavy atom. The first-order valence-electron chi connectivity index (χ1n) is 7.71. The highest BCUT2D eigenvalue weighted by Crippen LogP contribution is 2.22. The van der Waals surface area contributed by atoms with Crippen LogP contribution in [0.5, 0.6) is 0 Å². The van der Waals surface area contributed by atoms with E-state index in [1.165, 1.54) is 0 Å². The molecule has 1 amide bonds. The Labute approximate surface area is 149 Å². The summed E-state index contributed by atoms with van der Waals surface area (Å²) in [5.41, 5.74) is 3.12. The van der Waals surface area contributed by atoms with Crippen molar-refractivity contribution in [1.29, 1.82) is 0 Å². The zero-order valence-corrected chi connectivity index (χ0v) is 15.5. The number of pyridine rings is 1. The lowest BCUT2D eigenvalue weighted by Crippen LogP contribution is -2.27. The van der Waals surface area contributed by atoms with Gasteiger partial charge in [0.05, 0.1) is 29.6 Å². The molecule has 24 heavy (non-hydrogen) atoms. The molecule has 3 aromatic rings. The van der Waals surface area contributed by atoms with Crippen molar-refractivity contribution < 1.29 is 4.79 Å². The average molecular weight is 387 g/mol. The highest BCUT2D eigenvalue weighted by Gasteiger charge is 2.21. The molecule has 2 heterocycles. The molecule has 5 nitrogen and oxygen atoms in total. The fourth-order valence-corrected chi connectivity index (χ4v) is 2.67. The zero-order chi connectivity index (χ0) is 17.3. The molecule has 124 valence electrons. The van der Waals surface area contributed by atoms with Crippen molar-refractivity contribution in [3.8, 4) is 0 Å². The molecule has 0 spiro atoms. The van der Waals surface area contributed by atoms with Gasteiger partial charge in [-0.3, -0.25) is 4.79 Å². The van der Waals surface area contributed by atoms with Gasteiger partial charge in [-0.1, -0.05) is 26.8 Å². The molecule has 0 saturated carbocycles. The minimum Gasteiger partial charge on any atom is -0.326 e. The Kier molecular flexibility index (Phi) is 4.41. The van der Waals surface area contributed by atoms with E-state index in [0.29, 0.717) is 6.54 Å². The van der Waals surface area contributed by atoms with Crippen LogP contribution in [0.2, 0.25) is 0 Å². The summed E-state index contributed by atoms with van der Waals surface area (Å²) < 4.78 is 2.83. The largest absolute Gasteiger partial charge is 0.326 e. The molecule has 0 atom stereocenters. The SMILES string of the molecule is CC(C)(C)C(=O)Nc1ccc2ncn(Cc3cccc(Br)n3)c2c1. The minimum atomic E-state index is -0.435. The lowest BCUT2D eigenvalue weighted by molar-refractivity contribution is -0.123. The van der Waals surface area contributed by atoms with Gasteiger partial charge in [0.2, 0.25) is 5.91 Å². The summed E-state index contributed by atoms with van der Waals surface area (Å²) in [7, 11) is 0. The number of nitrogens with zero attached hydrogens (tertiary/aromatic N) is 3. The van der Waals surface area contributed by atoms with E-state index in [9.17, 15) is 4.79 Å². The van der Waals surface area contributed by atoms with Crippen LogP contribution in [0.1, 0.15) is 26.5 Å². The number of fused-ring (bicyclic) bond motifs is 1. The van der Waals surface area contributed by atoms with E-state index in [2.05, 4.69) is 31.2 Å². The van der Waals surface area contributed by atoms with E-state index in [1.807, 2.05) is 61.7 Å². The Morgan fingerprint density at radius 3 is 2.75 bits per heavy atom. The summed E-state index contributed by atoms with van der Waals surface area (Å²) in [4.78, 5) is 21.0. The zero-order valence-electron chi connectivity index (χ0n) is 13.9. The lowest BCUT2D eigenvalue weighted by atomic mass is 9.95. The molecule has 0 aliphatic rings. The van der Waals surface area contributed by atoms with E-state index >= 15 is 0 Å². The van der Waals surface area contributed by atoms with E-state index in [-0.39, 0.29) is 5.91 Å². The van der Waals surface area contributed by atoms with Crippen molar-refractivity contribution in [2.24, 2.45) is 5.41 Å². The second-order valence-corrected chi connectivity index (χ2v) is 7.54. The quantitative estimate of drug-likeness (QED) is 0.685. The number of amides is 1. The van der Waals surface area contributed by atoms with E-state index < -0.39 is 5.41 Å². The summed E-state index contributed by atoms with van der Waals surface area (Å²) in [6, 6.07) is 11.6. The molecule has 0 radical (unpaired) electrons. The molecule has 0 unspecified atom stereocenters. The average Bonchev–Trinajstić information content (AvgIpc) is 2.89. The normalized spacial score (nSPS) is 11.7. The molecule has 2 aromatic heterocycles. The van der Waals surface area contributed by atoms with Gasteiger partial charge >= 0.3 is 0 Å². The predicted octanol–water partition coefficient (Wildman–Crippen LogP) is 4.23. The fourth-order valence-electron chi connectivity index (χ4n) is 2.29. The number of halogens is 1. The van der Waals surface area contributed by atoms with Crippen molar-refractivity contribution in [2.75, 3.05) is 5.32 Å². The Morgan fingerprint density at radius 1 is 1.25 bits per heavy atom. The maximum atomic E-state index is 12.2. The van der Waals surface area contributed by atoms with Crippen LogP contribution in [0.25, 0.3) is 11.0 Å².